The summed E-state index contributed by atoms with van der Waals surface area (Å²) in [4.78, 5) is 25.3. The molecule has 28 heavy (non-hydrogen) atoms. The first-order valence-electron chi connectivity index (χ1n) is 8.52. The maximum absolute atomic E-state index is 12.9. The Morgan fingerprint density at radius 1 is 1.39 bits per heavy atom. The van der Waals surface area contributed by atoms with E-state index in [0.29, 0.717) is 32.0 Å². The predicted molar refractivity (Wildman–Crippen MR) is 97.2 cm³/mol. The second kappa shape index (κ2) is 9.46. The minimum atomic E-state index is -4.66. The lowest BCUT2D eigenvalue weighted by Crippen LogP contribution is -2.27. The van der Waals surface area contributed by atoms with E-state index in [-0.39, 0.29) is 17.2 Å². The number of hydrogen-bond donors (Lipinski definition) is 2. The van der Waals surface area contributed by atoms with Gasteiger partial charge in [-0.05, 0) is 31.0 Å². The molecule has 1 fully saturated rings. The highest BCUT2D eigenvalue weighted by atomic mass is 35.5. The fraction of sp³-hybridized carbons (Fsp3) is 0.389. The molecule has 2 amide bonds. The van der Waals surface area contributed by atoms with E-state index in [0.717, 1.165) is 19.0 Å². The third-order valence-corrected chi connectivity index (χ3v) is 4.39. The van der Waals surface area contributed by atoms with Crippen LogP contribution in [0.4, 0.5) is 18.9 Å². The van der Waals surface area contributed by atoms with Gasteiger partial charge < -0.3 is 15.5 Å². The zero-order valence-electron chi connectivity index (χ0n) is 14.8. The van der Waals surface area contributed by atoms with Crippen molar-refractivity contribution >= 4 is 29.1 Å². The minimum Gasteiger partial charge on any atom is -0.390 e. The van der Waals surface area contributed by atoms with Crippen LogP contribution in [0.15, 0.2) is 30.0 Å². The van der Waals surface area contributed by atoms with Crippen molar-refractivity contribution in [2.75, 3.05) is 25.0 Å². The molecule has 1 saturated heterocycles. The van der Waals surface area contributed by atoms with Crippen molar-refractivity contribution in [2.45, 2.75) is 25.4 Å². The van der Waals surface area contributed by atoms with Crippen molar-refractivity contribution in [1.29, 1.82) is 5.26 Å². The summed E-state index contributed by atoms with van der Waals surface area (Å²) in [5, 5.41) is 13.7. The van der Waals surface area contributed by atoms with Gasteiger partial charge in [0.25, 0.3) is 5.91 Å². The zero-order valence-corrected chi connectivity index (χ0v) is 15.5. The number of anilines is 1. The fourth-order valence-corrected chi connectivity index (χ4v) is 2.88. The van der Waals surface area contributed by atoms with Gasteiger partial charge in [-0.2, -0.15) is 18.4 Å². The van der Waals surface area contributed by atoms with Crippen LogP contribution in [0.1, 0.15) is 24.8 Å². The molecule has 6 nitrogen and oxygen atoms in total. The quantitative estimate of drug-likeness (QED) is 0.407. The van der Waals surface area contributed by atoms with Crippen molar-refractivity contribution < 1.29 is 22.8 Å². The summed E-state index contributed by atoms with van der Waals surface area (Å²) >= 11 is 5.53. The van der Waals surface area contributed by atoms with Gasteiger partial charge in [0.05, 0.1) is 10.6 Å². The first-order valence-corrected chi connectivity index (χ1v) is 8.89. The number of carbonyl (C=O) groups is 2. The summed E-state index contributed by atoms with van der Waals surface area (Å²) in [5.41, 5.74) is -1.50. The number of rotatable bonds is 7. The predicted octanol–water partition coefficient (Wildman–Crippen LogP) is 3.31. The SMILES string of the molecule is N#C/C(=C/NCCCN1CCCC1=O)C(=O)Nc1ccc(Cl)c(C(F)(F)F)c1. The third kappa shape index (κ3) is 5.89. The highest BCUT2D eigenvalue weighted by Gasteiger charge is 2.33. The molecule has 0 aromatic heterocycles. The van der Waals surface area contributed by atoms with Crippen molar-refractivity contribution in [3.63, 3.8) is 0 Å². The van der Waals surface area contributed by atoms with Crippen molar-refractivity contribution in [3.8, 4) is 6.07 Å². The highest BCUT2D eigenvalue weighted by Crippen LogP contribution is 2.36. The molecule has 0 spiro atoms. The number of nitriles is 1. The van der Waals surface area contributed by atoms with Crippen LogP contribution in [-0.2, 0) is 15.8 Å². The Bertz CT molecular complexity index is 818. The first kappa shape index (κ1) is 21.6. The fourth-order valence-electron chi connectivity index (χ4n) is 2.65. The molecule has 0 atom stereocenters. The molecule has 1 aliphatic heterocycles. The number of nitrogens with zero attached hydrogens (tertiary/aromatic N) is 2. The maximum atomic E-state index is 12.9. The summed E-state index contributed by atoms with van der Waals surface area (Å²) in [6.07, 6.45) is -1.42. The smallest absolute Gasteiger partial charge is 0.390 e. The molecule has 1 aliphatic rings. The molecular formula is C18H18ClF3N4O2. The van der Waals surface area contributed by atoms with E-state index in [1.807, 2.05) is 0 Å². The van der Waals surface area contributed by atoms with Crippen LogP contribution in [-0.4, -0.2) is 36.3 Å². The minimum absolute atomic E-state index is 0.119. The Balaban J connectivity index is 1.89. The monoisotopic (exact) mass is 414 g/mol. The number of hydrogen-bond acceptors (Lipinski definition) is 4. The van der Waals surface area contributed by atoms with E-state index in [4.69, 9.17) is 16.9 Å². The number of likely N-dealkylation sites (tertiary alicyclic amines) is 1. The van der Waals surface area contributed by atoms with Crippen LogP contribution in [0, 0.1) is 11.3 Å². The van der Waals surface area contributed by atoms with Crippen LogP contribution >= 0.6 is 11.6 Å². The second-order valence-corrected chi connectivity index (χ2v) is 6.52. The molecule has 2 N–H and O–H groups in total. The molecule has 2 rings (SSSR count). The van der Waals surface area contributed by atoms with Crippen molar-refractivity contribution in [3.05, 3.63) is 40.6 Å². The summed E-state index contributed by atoms with van der Waals surface area (Å²) in [6, 6.07) is 4.63. The van der Waals surface area contributed by atoms with Gasteiger partial charge in [-0.1, -0.05) is 11.6 Å². The van der Waals surface area contributed by atoms with Crippen molar-refractivity contribution in [1.82, 2.24) is 10.2 Å². The van der Waals surface area contributed by atoms with Crippen LogP contribution in [0.3, 0.4) is 0 Å². The van der Waals surface area contributed by atoms with Gasteiger partial charge in [-0.3, -0.25) is 9.59 Å². The van der Waals surface area contributed by atoms with Gasteiger partial charge in [0.1, 0.15) is 11.6 Å². The maximum Gasteiger partial charge on any atom is 0.417 e. The number of amides is 2. The molecule has 1 aromatic carbocycles. The zero-order chi connectivity index (χ0) is 20.7. The summed E-state index contributed by atoms with van der Waals surface area (Å²) in [6.45, 7) is 1.75. The Hall–Kier alpha value is -2.73. The first-order chi connectivity index (χ1) is 13.2. The summed E-state index contributed by atoms with van der Waals surface area (Å²) in [7, 11) is 0. The Morgan fingerprint density at radius 2 is 2.14 bits per heavy atom. The number of benzene rings is 1. The lowest BCUT2D eigenvalue weighted by atomic mass is 10.2. The van der Waals surface area contributed by atoms with E-state index in [1.54, 1.807) is 11.0 Å². The highest BCUT2D eigenvalue weighted by molar-refractivity contribution is 6.31. The van der Waals surface area contributed by atoms with E-state index in [9.17, 15) is 22.8 Å². The molecule has 0 bridgehead atoms. The van der Waals surface area contributed by atoms with Crippen LogP contribution in [0.25, 0.3) is 0 Å². The van der Waals surface area contributed by atoms with Gasteiger partial charge >= 0.3 is 6.18 Å². The molecule has 0 unspecified atom stereocenters. The number of halogens is 4. The van der Waals surface area contributed by atoms with Gasteiger partial charge in [0.15, 0.2) is 0 Å². The van der Waals surface area contributed by atoms with Gasteiger partial charge in [0.2, 0.25) is 5.91 Å². The lowest BCUT2D eigenvalue weighted by Gasteiger charge is -2.14. The second-order valence-electron chi connectivity index (χ2n) is 6.11. The standard InChI is InChI=1S/C18H18ClF3N4O2/c19-15-5-4-13(9-14(15)18(20,21)22)25-17(28)12(10-23)11-24-6-2-8-26-7-1-3-16(26)27/h4-5,9,11,24H,1-3,6-8H2,(H,25,28)/b12-11-. The topological polar surface area (TPSA) is 85.2 Å². The Labute approximate surface area is 164 Å². The van der Waals surface area contributed by atoms with Gasteiger partial charge in [-0.25, -0.2) is 0 Å². The molecule has 10 heteroatoms. The average Bonchev–Trinajstić information content (AvgIpc) is 3.03. The van der Waals surface area contributed by atoms with Crippen LogP contribution < -0.4 is 10.6 Å². The average molecular weight is 415 g/mol. The Morgan fingerprint density at radius 3 is 2.75 bits per heavy atom. The largest absolute Gasteiger partial charge is 0.417 e. The summed E-state index contributed by atoms with van der Waals surface area (Å²) in [5.74, 6) is -0.728. The molecular weight excluding hydrogens is 397 g/mol. The normalized spacial score (nSPS) is 14.8. The third-order valence-electron chi connectivity index (χ3n) is 4.06. The molecule has 150 valence electrons. The van der Waals surface area contributed by atoms with Gasteiger partial charge in [0, 0.05) is 37.9 Å². The van der Waals surface area contributed by atoms with Gasteiger partial charge in [-0.15, -0.1) is 0 Å². The molecule has 1 aromatic rings. The molecule has 0 radical (unpaired) electrons. The number of carbonyl (C=O) groups excluding carboxylic acids is 2. The van der Waals surface area contributed by atoms with E-state index in [2.05, 4.69) is 10.6 Å². The number of nitrogens with one attached hydrogen (secondary N) is 2. The van der Waals surface area contributed by atoms with E-state index in [1.165, 1.54) is 12.3 Å². The summed E-state index contributed by atoms with van der Waals surface area (Å²) < 4.78 is 38.6. The molecule has 0 aliphatic carbocycles. The van der Waals surface area contributed by atoms with Crippen LogP contribution in [0.5, 0.6) is 0 Å². The van der Waals surface area contributed by atoms with E-state index < -0.39 is 22.7 Å². The molecule has 0 saturated carbocycles. The lowest BCUT2D eigenvalue weighted by molar-refractivity contribution is -0.137. The van der Waals surface area contributed by atoms with E-state index >= 15 is 0 Å². The van der Waals surface area contributed by atoms with Crippen LogP contribution in [0.2, 0.25) is 5.02 Å². The molecule has 1 heterocycles. The Kier molecular flexibility index (Phi) is 7.29. The number of alkyl halides is 3. The van der Waals surface area contributed by atoms with Crippen molar-refractivity contribution in [2.24, 2.45) is 0 Å².